The van der Waals surface area contributed by atoms with Gasteiger partial charge in [-0.2, -0.15) is 0 Å². The fourth-order valence-corrected chi connectivity index (χ4v) is 7.24. The van der Waals surface area contributed by atoms with Crippen molar-refractivity contribution in [1.82, 2.24) is 0 Å². The van der Waals surface area contributed by atoms with Gasteiger partial charge in [-0.05, 0) is 0 Å². The molecule has 62 valence electrons. The van der Waals surface area contributed by atoms with E-state index in [-0.39, 0.29) is 0 Å². The topological polar surface area (TPSA) is 0 Å². The average molecular weight is 295 g/mol. The monoisotopic (exact) mass is 294 g/mol. The van der Waals surface area contributed by atoms with Crippen molar-refractivity contribution in [2.24, 2.45) is 0 Å². The van der Waals surface area contributed by atoms with Gasteiger partial charge in [-0.25, -0.2) is 0 Å². The molecule has 1 aromatic carbocycles. The average Bonchev–Trinajstić information content (AvgIpc) is 2.06. The third kappa shape index (κ3) is 2.54. The minimum absolute atomic E-state index is 1.54. The molecule has 11 heavy (non-hydrogen) atoms. The van der Waals surface area contributed by atoms with Crippen LogP contribution in [0.15, 0.2) is 30.3 Å². The molecule has 1 rings (SSSR count). The van der Waals surface area contributed by atoms with Gasteiger partial charge in [0, 0.05) is 0 Å². The Morgan fingerprint density at radius 2 is 1.73 bits per heavy atom. The van der Waals surface area contributed by atoms with E-state index in [2.05, 4.69) is 56.6 Å². The third-order valence-electron chi connectivity index (χ3n) is 1.66. The van der Waals surface area contributed by atoms with Crippen molar-refractivity contribution in [2.75, 3.05) is 0 Å². The Hall–Kier alpha value is 0.608. The molecule has 0 fully saturated rings. The van der Waals surface area contributed by atoms with Crippen molar-refractivity contribution in [3.05, 3.63) is 30.3 Å². The number of hydrogen-bond acceptors (Lipinski definition) is 1. The summed E-state index contributed by atoms with van der Waals surface area (Å²) in [6.07, 6.45) is 0. The summed E-state index contributed by atoms with van der Waals surface area (Å²) in [4.78, 5) is 0. The second kappa shape index (κ2) is 4.02. The molecule has 0 unspecified atom stereocenters. The Morgan fingerprint density at radius 1 is 1.18 bits per heavy atom. The van der Waals surface area contributed by atoms with Crippen LogP contribution in [0.1, 0.15) is 0 Å². The molecule has 0 atom stereocenters. The van der Waals surface area contributed by atoms with E-state index in [0.717, 1.165) is 0 Å². The van der Waals surface area contributed by atoms with E-state index in [4.69, 9.17) is 0 Å². The molecule has 0 amide bonds. The molecular weight excluding hydrogens is 283 g/mol. The fraction of sp³-hybridized carbons (Fsp3) is 0.250. The van der Waals surface area contributed by atoms with Gasteiger partial charge in [0.05, 0.1) is 0 Å². The van der Waals surface area contributed by atoms with Crippen molar-refractivity contribution in [1.29, 1.82) is 0 Å². The number of rotatable bonds is 2. The molecule has 0 N–H and O–H groups in total. The molecule has 3 heteroatoms. The molecule has 0 heterocycles. The van der Waals surface area contributed by atoms with Crippen molar-refractivity contribution >= 4 is 40.0 Å². The molecule has 0 bridgehead atoms. The minimum atomic E-state index is -1.71. The standard InChI is InChI=1S/C8H12AsBrS/c1-9(2,11-10)8-6-4-3-5-7-8/h3-7,9H,1-2H3. The van der Waals surface area contributed by atoms with Crippen LogP contribution in [-0.4, -0.2) is 12.4 Å². The van der Waals surface area contributed by atoms with Crippen LogP contribution in [0.5, 0.6) is 0 Å². The Balaban J connectivity index is 2.93. The second-order valence-electron chi connectivity index (χ2n) is 2.95. The van der Waals surface area contributed by atoms with Crippen LogP contribution in [0.3, 0.4) is 0 Å². The molecular formula is C8H12AsBrS. The number of halogens is 1. The summed E-state index contributed by atoms with van der Waals surface area (Å²) >= 11 is 1.80. The van der Waals surface area contributed by atoms with Crippen molar-refractivity contribution < 1.29 is 0 Å². The second-order valence-corrected chi connectivity index (χ2v) is 22.0. The van der Waals surface area contributed by atoms with Gasteiger partial charge in [0.2, 0.25) is 0 Å². The summed E-state index contributed by atoms with van der Waals surface area (Å²) in [7, 11) is 1.88. The first-order valence-electron chi connectivity index (χ1n) is 3.52. The molecule has 0 nitrogen and oxygen atoms in total. The van der Waals surface area contributed by atoms with Gasteiger partial charge >= 0.3 is 81.8 Å². The predicted molar refractivity (Wildman–Crippen MR) is 61.5 cm³/mol. The fourth-order valence-electron chi connectivity index (χ4n) is 0.884. The molecule has 0 saturated heterocycles. The van der Waals surface area contributed by atoms with Crippen LogP contribution >= 0.6 is 23.3 Å². The van der Waals surface area contributed by atoms with E-state index >= 15 is 0 Å². The molecule has 0 aliphatic rings. The summed E-state index contributed by atoms with van der Waals surface area (Å²) in [5, 5.41) is 0. The van der Waals surface area contributed by atoms with E-state index in [1.807, 2.05) is 8.46 Å². The van der Waals surface area contributed by atoms with E-state index in [1.165, 1.54) is 4.35 Å². The summed E-state index contributed by atoms with van der Waals surface area (Å²) in [6.45, 7) is 0. The molecule has 0 aromatic heterocycles. The zero-order valence-corrected chi connectivity index (χ0v) is 11.2. The first-order chi connectivity index (χ1) is 5.17. The van der Waals surface area contributed by atoms with Gasteiger partial charge in [0.1, 0.15) is 0 Å². The van der Waals surface area contributed by atoms with Crippen LogP contribution in [0.25, 0.3) is 0 Å². The first kappa shape index (κ1) is 9.69. The van der Waals surface area contributed by atoms with E-state index in [0.29, 0.717) is 0 Å². The van der Waals surface area contributed by atoms with Crippen LogP contribution in [0.2, 0.25) is 11.4 Å². The molecule has 0 saturated carbocycles. The van der Waals surface area contributed by atoms with Crippen LogP contribution in [0, 0.1) is 0 Å². The Morgan fingerprint density at radius 3 is 2.18 bits per heavy atom. The van der Waals surface area contributed by atoms with Gasteiger partial charge in [-0.1, -0.05) is 0 Å². The quantitative estimate of drug-likeness (QED) is 0.756. The summed E-state index contributed by atoms with van der Waals surface area (Å²) in [6, 6.07) is 10.8. The summed E-state index contributed by atoms with van der Waals surface area (Å²) in [5.41, 5.74) is 4.77. The Kier molecular flexibility index (Phi) is 3.54. The van der Waals surface area contributed by atoms with Crippen LogP contribution < -0.4 is 4.35 Å². The Labute approximate surface area is 81.4 Å². The SMILES string of the molecule is C[AsH](C)(SBr)c1ccccc1. The maximum atomic E-state index is 3.51. The van der Waals surface area contributed by atoms with Crippen molar-refractivity contribution in [3.63, 3.8) is 0 Å². The normalized spacial score (nSPS) is 13.0. The van der Waals surface area contributed by atoms with Crippen LogP contribution in [-0.2, 0) is 0 Å². The van der Waals surface area contributed by atoms with E-state index in [1.54, 1.807) is 0 Å². The zero-order valence-electron chi connectivity index (χ0n) is 6.67. The summed E-state index contributed by atoms with van der Waals surface area (Å²) in [5.74, 6) is 0. The summed E-state index contributed by atoms with van der Waals surface area (Å²) < 4.78 is 1.54. The molecule has 0 aliphatic heterocycles. The van der Waals surface area contributed by atoms with Gasteiger partial charge < -0.3 is 0 Å². The molecule has 0 spiro atoms. The van der Waals surface area contributed by atoms with Gasteiger partial charge in [0.25, 0.3) is 0 Å². The third-order valence-corrected chi connectivity index (χ3v) is 21.9. The van der Waals surface area contributed by atoms with Gasteiger partial charge in [-0.15, -0.1) is 0 Å². The van der Waals surface area contributed by atoms with Gasteiger partial charge in [0.15, 0.2) is 0 Å². The maximum absolute atomic E-state index is 3.51. The molecule has 0 radical (unpaired) electrons. The first-order valence-corrected chi connectivity index (χ1v) is 14.0. The van der Waals surface area contributed by atoms with Crippen molar-refractivity contribution in [2.45, 2.75) is 11.4 Å². The predicted octanol–water partition coefficient (Wildman–Crippen LogP) is 2.87. The van der Waals surface area contributed by atoms with Gasteiger partial charge in [-0.3, -0.25) is 0 Å². The molecule has 0 aliphatic carbocycles. The van der Waals surface area contributed by atoms with E-state index < -0.39 is 12.4 Å². The number of hydrogen-bond donors (Lipinski definition) is 0. The Bertz CT molecular complexity index is 223. The van der Waals surface area contributed by atoms with Crippen molar-refractivity contribution in [3.8, 4) is 0 Å². The molecule has 1 aromatic rings. The number of benzene rings is 1. The van der Waals surface area contributed by atoms with E-state index in [9.17, 15) is 0 Å². The zero-order chi connectivity index (χ0) is 8.32. The van der Waals surface area contributed by atoms with Crippen LogP contribution in [0.4, 0.5) is 0 Å².